The van der Waals surface area contributed by atoms with Crippen molar-refractivity contribution in [3.8, 4) is 0 Å². The molecule has 1 saturated carbocycles. The second kappa shape index (κ2) is 5.17. The van der Waals surface area contributed by atoms with Crippen molar-refractivity contribution >= 4 is 5.91 Å². The molecule has 1 aliphatic carbocycles. The third-order valence-electron chi connectivity index (χ3n) is 4.22. The Morgan fingerprint density at radius 3 is 2.44 bits per heavy atom. The highest BCUT2D eigenvalue weighted by Crippen LogP contribution is 2.29. The van der Waals surface area contributed by atoms with Gasteiger partial charge in [-0.15, -0.1) is 0 Å². The Morgan fingerprint density at radius 1 is 1.12 bits per heavy atom. The summed E-state index contributed by atoms with van der Waals surface area (Å²) in [6.07, 6.45) is 6.06. The first kappa shape index (κ1) is 11.9. The van der Waals surface area contributed by atoms with Crippen molar-refractivity contribution in [2.75, 3.05) is 6.54 Å². The zero-order valence-electron chi connectivity index (χ0n) is 10.5. The summed E-state index contributed by atoms with van der Waals surface area (Å²) in [6.45, 7) is 5.48. The van der Waals surface area contributed by atoms with Crippen LogP contribution in [0.1, 0.15) is 46.0 Å². The van der Waals surface area contributed by atoms with Gasteiger partial charge in [0.05, 0.1) is 6.04 Å². The van der Waals surface area contributed by atoms with Crippen molar-refractivity contribution in [2.45, 2.75) is 58.0 Å². The van der Waals surface area contributed by atoms with Gasteiger partial charge in [0.2, 0.25) is 5.91 Å². The van der Waals surface area contributed by atoms with Crippen molar-refractivity contribution in [1.82, 2.24) is 10.6 Å². The first-order valence-electron chi connectivity index (χ1n) is 6.72. The fourth-order valence-corrected chi connectivity index (χ4v) is 3.17. The van der Waals surface area contributed by atoms with Gasteiger partial charge in [-0.25, -0.2) is 0 Å². The highest BCUT2D eigenvalue weighted by molar-refractivity contribution is 5.82. The zero-order valence-corrected chi connectivity index (χ0v) is 10.5. The quantitative estimate of drug-likeness (QED) is 0.749. The van der Waals surface area contributed by atoms with Crippen LogP contribution in [0.3, 0.4) is 0 Å². The Morgan fingerprint density at radius 2 is 1.81 bits per heavy atom. The summed E-state index contributed by atoms with van der Waals surface area (Å²) in [5.74, 6) is 1.62. The van der Waals surface area contributed by atoms with Crippen LogP contribution in [0.15, 0.2) is 0 Å². The number of hydrogen-bond acceptors (Lipinski definition) is 2. The molecule has 1 amide bonds. The Bertz CT molecular complexity index is 244. The summed E-state index contributed by atoms with van der Waals surface area (Å²) in [5, 5.41) is 6.54. The molecule has 1 saturated heterocycles. The molecule has 2 fully saturated rings. The van der Waals surface area contributed by atoms with Crippen LogP contribution in [0.2, 0.25) is 0 Å². The van der Waals surface area contributed by atoms with E-state index >= 15 is 0 Å². The largest absolute Gasteiger partial charge is 0.355 e. The molecule has 0 spiro atoms. The number of hydrogen-bond donors (Lipinski definition) is 2. The Kier molecular flexibility index (Phi) is 3.85. The van der Waals surface area contributed by atoms with E-state index in [1.54, 1.807) is 0 Å². The van der Waals surface area contributed by atoms with E-state index < -0.39 is 0 Å². The van der Waals surface area contributed by atoms with E-state index in [0.717, 1.165) is 19.4 Å². The summed E-state index contributed by atoms with van der Waals surface area (Å²) in [6, 6.07) is 0.587. The number of nitrogens with one attached hydrogen (secondary N) is 2. The molecule has 2 N–H and O–H groups in total. The van der Waals surface area contributed by atoms with Crippen LogP contribution in [0.25, 0.3) is 0 Å². The zero-order chi connectivity index (χ0) is 11.5. The van der Waals surface area contributed by atoms with Crippen LogP contribution in [0.4, 0.5) is 0 Å². The van der Waals surface area contributed by atoms with Crippen LogP contribution < -0.4 is 10.6 Å². The van der Waals surface area contributed by atoms with Gasteiger partial charge in [-0.1, -0.05) is 20.3 Å². The van der Waals surface area contributed by atoms with Crippen molar-refractivity contribution in [2.24, 2.45) is 11.8 Å². The minimum absolute atomic E-state index is 0.0572. The summed E-state index contributed by atoms with van der Waals surface area (Å²) in [7, 11) is 0. The van der Waals surface area contributed by atoms with Crippen LogP contribution in [-0.2, 0) is 4.79 Å². The highest BCUT2D eigenvalue weighted by atomic mass is 16.2. The Hall–Kier alpha value is -0.570. The van der Waals surface area contributed by atoms with Crippen LogP contribution in [0, 0.1) is 11.8 Å². The lowest BCUT2D eigenvalue weighted by molar-refractivity contribution is -0.125. The maximum atomic E-state index is 11.7. The van der Waals surface area contributed by atoms with Crippen LogP contribution in [0.5, 0.6) is 0 Å². The molecule has 0 aromatic rings. The van der Waals surface area contributed by atoms with Gasteiger partial charge in [0.15, 0.2) is 0 Å². The summed E-state index contributed by atoms with van der Waals surface area (Å²) in [4.78, 5) is 11.7. The van der Waals surface area contributed by atoms with E-state index in [4.69, 9.17) is 0 Å². The predicted octanol–water partition coefficient (Wildman–Crippen LogP) is 1.68. The molecule has 3 atom stereocenters. The molecular weight excluding hydrogens is 200 g/mol. The van der Waals surface area contributed by atoms with Gasteiger partial charge in [-0.2, -0.15) is 0 Å². The summed E-state index contributed by atoms with van der Waals surface area (Å²) >= 11 is 0. The monoisotopic (exact) mass is 224 g/mol. The highest BCUT2D eigenvalue weighted by Gasteiger charge is 2.32. The van der Waals surface area contributed by atoms with Gasteiger partial charge in [0.25, 0.3) is 0 Å². The fraction of sp³-hybridized carbons (Fsp3) is 0.923. The Labute approximate surface area is 98.4 Å². The molecule has 3 heteroatoms. The minimum Gasteiger partial charge on any atom is -0.355 e. The van der Waals surface area contributed by atoms with E-state index in [2.05, 4.69) is 24.5 Å². The molecule has 2 aliphatic rings. The SMILES string of the molecule is CC1CCCC(C)C1NC1CCCNC1=O. The molecule has 3 nitrogen and oxygen atoms in total. The average Bonchev–Trinajstić information content (AvgIpc) is 2.26. The topological polar surface area (TPSA) is 41.1 Å². The van der Waals surface area contributed by atoms with Gasteiger partial charge in [-0.3, -0.25) is 4.79 Å². The molecule has 0 radical (unpaired) electrons. The second-order valence-electron chi connectivity index (χ2n) is 5.56. The maximum Gasteiger partial charge on any atom is 0.237 e. The maximum absolute atomic E-state index is 11.7. The van der Waals surface area contributed by atoms with Gasteiger partial charge >= 0.3 is 0 Å². The normalized spacial score (nSPS) is 40.5. The van der Waals surface area contributed by atoms with E-state index in [9.17, 15) is 4.79 Å². The lowest BCUT2D eigenvalue weighted by Gasteiger charge is -2.38. The average molecular weight is 224 g/mol. The van der Waals surface area contributed by atoms with Crippen molar-refractivity contribution in [3.63, 3.8) is 0 Å². The first-order chi connectivity index (χ1) is 7.68. The summed E-state index contributed by atoms with van der Waals surface area (Å²) in [5.41, 5.74) is 0. The second-order valence-corrected chi connectivity index (χ2v) is 5.56. The lowest BCUT2D eigenvalue weighted by Crippen LogP contribution is -2.55. The summed E-state index contributed by atoms with van der Waals surface area (Å²) < 4.78 is 0. The number of carbonyl (C=O) groups excluding carboxylic acids is 1. The predicted molar refractivity (Wildman–Crippen MR) is 65.1 cm³/mol. The smallest absolute Gasteiger partial charge is 0.237 e. The van der Waals surface area contributed by atoms with Gasteiger partial charge in [0.1, 0.15) is 0 Å². The van der Waals surface area contributed by atoms with Gasteiger partial charge in [-0.05, 0) is 37.5 Å². The standard InChI is InChI=1S/C13H24N2O/c1-9-5-3-6-10(2)12(9)15-11-7-4-8-14-13(11)16/h9-12,15H,3-8H2,1-2H3,(H,14,16). The molecule has 1 aliphatic heterocycles. The number of rotatable bonds is 2. The minimum atomic E-state index is 0.0572. The third kappa shape index (κ3) is 2.57. The van der Waals surface area contributed by atoms with Crippen LogP contribution >= 0.6 is 0 Å². The van der Waals surface area contributed by atoms with E-state index in [1.807, 2.05) is 0 Å². The van der Waals surface area contributed by atoms with Crippen molar-refractivity contribution in [1.29, 1.82) is 0 Å². The number of amides is 1. The van der Waals surface area contributed by atoms with Crippen LogP contribution in [-0.4, -0.2) is 24.5 Å². The molecule has 2 rings (SSSR count). The molecule has 3 unspecified atom stereocenters. The molecule has 0 aromatic heterocycles. The molecule has 0 aromatic carbocycles. The number of piperidine rings is 1. The molecular formula is C13H24N2O. The first-order valence-corrected chi connectivity index (χ1v) is 6.72. The van der Waals surface area contributed by atoms with Crippen molar-refractivity contribution in [3.05, 3.63) is 0 Å². The fourth-order valence-electron chi connectivity index (χ4n) is 3.17. The molecule has 0 bridgehead atoms. The van der Waals surface area contributed by atoms with Gasteiger partial charge in [0, 0.05) is 12.6 Å². The number of carbonyl (C=O) groups is 1. The van der Waals surface area contributed by atoms with E-state index in [0.29, 0.717) is 17.9 Å². The van der Waals surface area contributed by atoms with E-state index in [1.165, 1.54) is 19.3 Å². The molecule has 1 heterocycles. The van der Waals surface area contributed by atoms with Crippen molar-refractivity contribution < 1.29 is 4.79 Å². The Balaban J connectivity index is 1.93. The van der Waals surface area contributed by atoms with Gasteiger partial charge < -0.3 is 10.6 Å². The third-order valence-corrected chi connectivity index (χ3v) is 4.22. The molecule has 92 valence electrons. The lowest BCUT2D eigenvalue weighted by atomic mass is 9.78. The molecule has 16 heavy (non-hydrogen) atoms. The van der Waals surface area contributed by atoms with E-state index in [-0.39, 0.29) is 11.9 Å².